The largest absolute Gasteiger partial charge is 0.444 e. The van der Waals surface area contributed by atoms with Gasteiger partial charge in [-0.2, -0.15) is 26.3 Å². The van der Waals surface area contributed by atoms with Crippen molar-refractivity contribution in [2.24, 2.45) is 0 Å². The Balaban J connectivity index is 1.81. The number of benzene rings is 2. The summed E-state index contributed by atoms with van der Waals surface area (Å²) in [6, 6.07) is 3.98. The standard InChI is InChI=1S/C29H34F7N3O3/c1-17-12-21(30)6-7-23(17)24-16-22(37-25(40)42-27(2,3)4)9-11-39(24)26(41)38(5)10-8-18-13-19(28(31,32)33)15-20(14-18)29(34,35)36/h6-7,12-15,22,24H,8-11,16H2,1-5H3,(H,37,40)/t22-,24+/m0/s1. The van der Waals surface area contributed by atoms with E-state index in [-0.39, 0.29) is 43.6 Å². The molecule has 3 rings (SSSR count). The minimum absolute atomic E-state index is 0.0590. The third-order valence-corrected chi connectivity index (χ3v) is 6.87. The number of hydrogen-bond acceptors (Lipinski definition) is 3. The molecule has 2 aromatic carbocycles. The fraction of sp³-hybridized carbons (Fsp3) is 0.517. The number of halogens is 7. The Morgan fingerprint density at radius 3 is 2.12 bits per heavy atom. The van der Waals surface area contributed by atoms with E-state index in [9.17, 15) is 40.3 Å². The van der Waals surface area contributed by atoms with Gasteiger partial charge in [0, 0.05) is 26.2 Å². The van der Waals surface area contributed by atoms with Crippen molar-refractivity contribution < 1.29 is 45.1 Å². The Bertz CT molecular complexity index is 1260. The topological polar surface area (TPSA) is 61.9 Å². The number of nitrogens with one attached hydrogen (secondary N) is 1. The van der Waals surface area contributed by atoms with E-state index in [0.29, 0.717) is 29.7 Å². The van der Waals surface area contributed by atoms with Gasteiger partial charge >= 0.3 is 24.5 Å². The maximum absolute atomic E-state index is 13.9. The number of nitrogens with zero attached hydrogens (tertiary/aromatic N) is 2. The molecule has 1 fully saturated rings. The second-order valence-corrected chi connectivity index (χ2v) is 11.4. The Labute approximate surface area is 239 Å². The predicted molar refractivity (Wildman–Crippen MR) is 141 cm³/mol. The second-order valence-electron chi connectivity index (χ2n) is 11.4. The molecule has 0 saturated carbocycles. The molecule has 1 heterocycles. The molecule has 1 saturated heterocycles. The van der Waals surface area contributed by atoms with Gasteiger partial charge in [-0.25, -0.2) is 14.0 Å². The van der Waals surface area contributed by atoms with Gasteiger partial charge in [0.1, 0.15) is 11.4 Å². The SMILES string of the molecule is Cc1cc(F)ccc1[C@H]1C[C@@H](NC(=O)OC(C)(C)C)CCN1C(=O)N(C)CCc1cc(C(F)(F)F)cc(C(F)(F)F)c1. The van der Waals surface area contributed by atoms with Crippen molar-refractivity contribution >= 4 is 12.1 Å². The lowest BCUT2D eigenvalue weighted by atomic mass is 9.89. The maximum atomic E-state index is 13.9. The van der Waals surface area contributed by atoms with E-state index in [2.05, 4.69) is 5.32 Å². The Hall–Kier alpha value is -3.51. The number of aryl methyl sites for hydroxylation is 1. The summed E-state index contributed by atoms with van der Waals surface area (Å²) in [6.45, 7) is 6.85. The summed E-state index contributed by atoms with van der Waals surface area (Å²) in [5, 5.41) is 2.81. The van der Waals surface area contributed by atoms with Crippen LogP contribution >= 0.6 is 0 Å². The number of piperidine rings is 1. The number of likely N-dealkylation sites (N-methyl/N-ethyl adjacent to an activating group) is 1. The van der Waals surface area contributed by atoms with Gasteiger partial charge in [-0.15, -0.1) is 0 Å². The third kappa shape index (κ3) is 8.75. The molecular formula is C29H34F7N3O3. The van der Waals surface area contributed by atoms with Gasteiger partial charge in [0.15, 0.2) is 0 Å². The predicted octanol–water partition coefficient (Wildman–Crippen LogP) is 7.50. The molecule has 0 unspecified atom stereocenters. The highest BCUT2D eigenvalue weighted by molar-refractivity contribution is 5.75. The van der Waals surface area contributed by atoms with Crippen LogP contribution in [0.25, 0.3) is 0 Å². The summed E-state index contributed by atoms with van der Waals surface area (Å²) in [6.07, 6.45) is -10.2. The quantitative estimate of drug-likeness (QED) is 0.359. The monoisotopic (exact) mass is 605 g/mol. The first-order valence-corrected chi connectivity index (χ1v) is 13.3. The minimum Gasteiger partial charge on any atom is -0.444 e. The van der Waals surface area contributed by atoms with Crippen LogP contribution in [0.5, 0.6) is 0 Å². The average molecular weight is 606 g/mol. The molecule has 42 heavy (non-hydrogen) atoms. The molecule has 3 amide bonds. The second kappa shape index (κ2) is 12.4. The highest BCUT2D eigenvalue weighted by atomic mass is 19.4. The first-order chi connectivity index (χ1) is 19.2. The van der Waals surface area contributed by atoms with Gasteiger partial charge in [0.25, 0.3) is 0 Å². The first kappa shape index (κ1) is 33.0. The number of urea groups is 1. The molecular weight excluding hydrogens is 571 g/mol. The molecule has 1 N–H and O–H groups in total. The zero-order valence-corrected chi connectivity index (χ0v) is 23.9. The van der Waals surface area contributed by atoms with Crippen molar-refractivity contribution in [3.63, 3.8) is 0 Å². The van der Waals surface area contributed by atoms with E-state index >= 15 is 0 Å². The normalized spacial score (nSPS) is 18.0. The summed E-state index contributed by atoms with van der Waals surface area (Å²) in [4.78, 5) is 28.7. The van der Waals surface area contributed by atoms with Gasteiger partial charge in [0.05, 0.1) is 17.2 Å². The van der Waals surface area contributed by atoms with E-state index in [4.69, 9.17) is 4.74 Å². The number of carbonyl (C=O) groups is 2. The number of hydrogen-bond donors (Lipinski definition) is 1. The van der Waals surface area contributed by atoms with Gasteiger partial charge < -0.3 is 19.9 Å². The van der Waals surface area contributed by atoms with E-state index in [1.165, 1.54) is 29.0 Å². The number of amides is 3. The van der Waals surface area contributed by atoms with Crippen molar-refractivity contribution in [3.8, 4) is 0 Å². The molecule has 0 radical (unpaired) electrons. The van der Waals surface area contributed by atoms with Gasteiger partial charge in [-0.1, -0.05) is 6.07 Å². The third-order valence-electron chi connectivity index (χ3n) is 6.87. The summed E-state index contributed by atoms with van der Waals surface area (Å²) in [5.74, 6) is -0.468. The summed E-state index contributed by atoms with van der Waals surface area (Å²) in [7, 11) is 1.40. The molecule has 13 heteroatoms. The van der Waals surface area contributed by atoms with Crippen molar-refractivity contribution in [3.05, 3.63) is 70.0 Å². The fourth-order valence-corrected chi connectivity index (χ4v) is 4.88. The van der Waals surface area contributed by atoms with Gasteiger partial charge in [0.2, 0.25) is 0 Å². The van der Waals surface area contributed by atoms with Crippen LogP contribution in [0.4, 0.5) is 40.3 Å². The summed E-state index contributed by atoms with van der Waals surface area (Å²) in [5.41, 5.74) is -2.58. The Morgan fingerprint density at radius 1 is 1.00 bits per heavy atom. The maximum Gasteiger partial charge on any atom is 0.416 e. The molecule has 232 valence electrons. The Morgan fingerprint density at radius 2 is 1.60 bits per heavy atom. The summed E-state index contributed by atoms with van der Waals surface area (Å²) >= 11 is 0. The molecule has 0 aromatic heterocycles. The summed E-state index contributed by atoms with van der Waals surface area (Å²) < 4.78 is 98.8. The molecule has 1 aliphatic heterocycles. The van der Waals surface area contributed by atoms with Crippen LogP contribution in [-0.4, -0.2) is 53.7 Å². The first-order valence-electron chi connectivity index (χ1n) is 13.3. The lowest BCUT2D eigenvalue weighted by Crippen LogP contribution is -2.52. The van der Waals surface area contributed by atoms with Crippen LogP contribution in [0.15, 0.2) is 36.4 Å². The van der Waals surface area contributed by atoms with Gasteiger partial charge in [-0.3, -0.25) is 0 Å². The smallest absolute Gasteiger partial charge is 0.416 e. The molecule has 0 spiro atoms. The van der Waals surface area contributed by atoms with Crippen LogP contribution in [0, 0.1) is 12.7 Å². The number of ether oxygens (including phenoxy) is 1. The molecule has 6 nitrogen and oxygen atoms in total. The zero-order chi connectivity index (χ0) is 31.6. The van der Waals surface area contributed by atoms with Crippen LogP contribution < -0.4 is 5.32 Å². The lowest BCUT2D eigenvalue weighted by Gasteiger charge is -2.42. The van der Waals surface area contributed by atoms with Crippen LogP contribution in [0.1, 0.15) is 67.5 Å². The molecule has 2 aromatic rings. The minimum atomic E-state index is -4.98. The highest BCUT2D eigenvalue weighted by Crippen LogP contribution is 2.37. The average Bonchev–Trinajstić information content (AvgIpc) is 2.84. The highest BCUT2D eigenvalue weighted by Gasteiger charge is 2.38. The number of alkyl carbamates (subject to hydrolysis) is 1. The van der Waals surface area contributed by atoms with E-state index in [0.717, 1.165) is 0 Å². The lowest BCUT2D eigenvalue weighted by molar-refractivity contribution is -0.143. The number of likely N-dealkylation sites (tertiary alicyclic amines) is 1. The zero-order valence-electron chi connectivity index (χ0n) is 23.9. The number of rotatable bonds is 5. The van der Waals surface area contributed by atoms with E-state index in [1.54, 1.807) is 33.8 Å². The van der Waals surface area contributed by atoms with Crippen molar-refractivity contribution in [2.75, 3.05) is 20.1 Å². The fourth-order valence-electron chi connectivity index (χ4n) is 4.88. The van der Waals surface area contributed by atoms with Crippen molar-refractivity contribution in [2.45, 2.75) is 77.0 Å². The molecule has 2 atom stereocenters. The Kier molecular flexibility index (Phi) is 9.73. The molecule has 0 bridgehead atoms. The van der Waals surface area contributed by atoms with Crippen LogP contribution in [-0.2, 0) is 23.5 Å². The molecule has 1 aliphatic rings. The molecule has 0 aliphatic carbocycles. The number of alkyl halides is 6. The van der Waals surface area contributed by atoms with Crippen LogP contribution in [0.3, 0.4) is 0 Å². The van der Waals surface area contributed by atoms with E-state index < -0.39 is 53.1 Å². The van der Waals surface area contributed by atoms with Crippen molar-refractivity contribution in [1.29, 1.82) is 0 Å². The van der Waals surface area contributed by atoms with Gasteiger partial charge in [-0.05, 0) is 94.0 Å². The van der Waals surface area contributed by atoms with Crippen LogP contribution in [0.2, 0.25) is 0 Å². The van der Waals surface area contributed by atoms with E-state index in [1.807, 2.05) is 0 Å². The number of carbonyl (C=O) groups excluding carboxylic acids is 2. The van der Waals surface area contributed by atoms with Crippen molar-refractivity contribution in [1.82, 2.24) is 15.1 Å².